The summed E-state index contributed by atoms with van der Waals surface area (Å²) in [6.07, 6.45) is 4.55. The van der Waals surface area contributed by atoms with Crippen molar-refractivity contribution in [3.63, 3.8) is 0 Å². The standard InChI is InChI=1S/C15H26/c1-9-11-6-13-10(2)12(9)8-15(5,7-11)14(13,3)4/h9-13H,6-8H2,1-5H3. The van der Waals surface area contributed by atoms with E-state index in [0.29, 0.717) is 10.8 Å². The molecule has 0 heteroatoms. The lowest BCUT2D eigenvalue weighted by molar-refractivity contribution is -0.202. The minimum atomic E-state index is 0.597. The summed E-state index contributed by atoms with van der Waals surface area (Å²) >= 11 is 0. The van der Waals surface area contributed by atoms with E-state index in [9.17, 15) is 0 Å². The van der Waals surface area contributed by atoms with Crippen LogP contribution in [0, 0.1) is 40.4 Å². The van der Waals surface area contributed by atoms with Gasteiger partial charge in [0.2, 0.25) is 0 Å². The lowest BCUT2D eigenvalue weighted by Gasteiger charge is -2.69. The van der Waals surface area contributed by atoms with Crippen LogP contribution in [-0.4, -0.2) is 0 Å². The molecule has 4 aliphatic carbocycles. The predicted molar refractivity (Wildman–Crippen MR) is 64.5 cm³/mol. The molecule has 0 amide bonds. The van der Waals surface area contributed by atoms with Crippen molar-refractivity contribution in [1.29, 1.82) is 0 Å². The van der Waals surface area contributed by atoms with Crippen LogP contribution in [0.5, 0.6) is 0 Å². The molecule has 4 saturated carbocycles. The van der Waals surface area contributed by atoms with Crippen molar-refractivity contribution in [2.75, 3.05) is 0 Å². The van der Waals surface area contributed by atoms with Crippen LogP contribution in [0.3, 0.4) is 0 Å². The molecule has 4 bridgehead atoms. The topological polar surface area (TPSA) is 0 Å². The Balaban J connectivity index is 2.06. The van der Waals surface area contributed by atoms with Crippen molar-refractivity contribution in [2.24, 2.45) is 40.4 Å². The van der Waals surface area contributed by atoms with Gasteiger partial charge < -0.3 is 0 Å². The highest BCUT2D eigenvalue weighted by Crippen LogP contribution is 2.71. The van der Waals surface area contributed by atoms with Crippen LogP contribution in [-0.2, 0) is 0 Å². The molecule has 0 aromatic heterocycles. The second-order valence-electron chi connectivity index (χ2n) is 7.67. The Kier molecular flexibility index (Phi) is 1.78. The van der Waals surface area contributed by atoms with E-state index in [1.807, 2.05) is 0 Å². The molecule has 0 nitrogen and oxygen atoms in total. The highest BCUT2D eigenvalue weighted by atomic mass is 14.7. The Bertz CT molecular complexity index is 290. The lowest BCUT2D eigenvalue weighted by atomic mass is 9.36. The Morgan fingerprint density at radius 3 is 2.27 bits per heavy atom. The zero-order valence-electron chi connectivity index (χ0n) is 11.0. The molecule has 86 valence electrons. The van der Waals surface area contributed by atoms with Gasteiger partial charge in [-0.3, -0.25) is 0 Å². The summed E-state index contributed by atoms with van der Waals surface area (Å²) in [6.45, 7) is 12.7. The summed E-state index contributed by atoms with van der Waals surface area (Å²) in [5, 5.41) is 0. The van der Waals surface area contributed by atoms with Gasteiger partial charge in [-0.05, 0) is 59.7 Å². The molecule has 6 unspecified atom stereocenters. The first kappa shape index (κ1) is 10.2. The van der Waals surface area contributed by atoms with E-state index >= 15 is 0 Å². The molecule has 15 heavy (non-hydrogen) atoms. The third-order valence-electron chi connectivity index (χ3n) is 7.17. The van der Waals surface area contributed by atoms with Gasteiger partial charge in [0.15, 0.2) is 0 Å². The Morgan fingerprint density at radius 1 is 0.933 bits per heavy atom. The Labute approximate surface area is 94.8 Å². The van der Waals surface area contributed by atoms with Crippen molar-refractivity contribution in [3.05, 3.63) is 0 Å². The van der Waals surface area contributed by atoms with E-state index in [0.717, 1.165) is 29.6 Å². The van der Waals surface area contributed by atoms with E-state index in [2.05, 4.69) is 34.6 Å². The summed E-state index contributed by atoms with van der Waals surface area (Å²) in [5.74, 6) is 5.11. The van der Waals surface area contributed by atoms with Gasteiger partial charge in [-0.2, -0.15) is 0 Å². The van der Waals surface area contributed by atoms with Crippen LogP contribution in [0.15, 0.2) is 0 Å². The average molecular weight is 206 g/mol. The summed E-state index contributed by atoms with van der Waals surface area (Å²) < 4.78 is 0. The molecule has 4 rings (SSSR count). The summed E-state index contributed by atoms with van der Waals surface area (Å²) in [6, 6.07) is 0. The Hall–Kier alpha value is 0. The van der Waals surface area contributed by atoms with Crippen LogP contribution in [0.4, 0.5) is 0 Å². The number of rotatable bonds is 0. The van der Waals surface area contributed by atoms with E-state index in [-0.39, 0.29) is 0 Å². The van der Waals surface area contributed by atoms with Crippen molar-refractivity contribution in [2.45, 2.75) is 53.9 Å². The minimum Gasteiger partial charge on any atom is -0.0620 e. The second-order valence-corrected chi connectivity index (χ2v) is 7.67. The fourth-order valence-corrected chi connectivity index (χ4v) is 5.63. The molecule has 0 aromatic carbocycles. The maximum Gasteiger partial charge on any atom is -0.0266 e. The van der Waals surface area contributed by atoms with Crippen molar-refractivity contribution in [3.8, 4) is 0 Å². The number of hydrogen-bond donors (Lipinski definition) is 0. The van der Waals surface area contributed by atoms with Crippen LogP contribution >= 0.6 is 0 Å². The molecular formula is C15H26. The molecule has 6 atom stereocenters. The van der Waals surface area contributed by atoms with Gasteiger partial charge >= 0.3 is 0 Å². The van der Waals surface area contributed by atoms with E-state index in [4.69, 9.17) is 0 Å². The Morgan fingerprint density at radius 2 is 1.60 bits per heavy atom. The highest BCUT2D eigenvalue weighted by molar-refractivity contribution is 5.12. The molecule has 0 heterocycles. The van der Waals surface area contributed by atoms with Gasteiger partial charge in [0.25, 0.3) is 0 Å². The highest BCUT2D eigenvalue weighted by Gasteiger charge is 2.63. The molecule has 0 N–H and O–H groups in total. The molecule has 0 radical (unpaired) electrons. The van der Waals surface area contributed by atoms with Crippen molar-refractivity contribution < 1.29 is 0 Å². The predicted octanol–water partition coefficient (Wildman–Crippen LogP) is 4.35. The van der Waals surface area contributed by atoms with Gasteiger partial charge in [-0.25, -0.2) is 0 Å². The third kappa shape index (κ3) is 0.996. The number of hydrogen-bond acceptors (Lipinski definition) is 0. The first-order valence-corrected chi connectivity index (χ1v) is 6.87. The molecule has 0 aliphatic heterocycles. The summed E-state index contributed by atoms with van der Waals surface area (Å²) in [4.78, 5) is 0. The molecule has 4 fully saturated rings. The fraction of sp³-hybridized carbons (Fsp3) is 1.00. The summed E-state index contributed by atoms with van der Waals surface area (Å²) in [7, 11) is 0. The molecule has 0 saturated heterocycles. The molecule has 0 aromatic rings. The van der Waals surface area contributed by atoms with E-state index in [1.54, 1.807) is 0 Å². The molecule has 4 aliphatic rings. The minimum absolute atomic E-state index is 0.597. The second kappa shape index (κ2) is 2.63. The van der Waals surface area contributed by atoms with Gasteiger partial charge in [0.05, 0.1) is 0 Å². The van der Waals surface area contributed by atoms with Gasteiger partial charge in [-0.1, -0.05) is 34.6 Å². The normalized spacial score (nSPS) is 61.0. The van der Waals surface area contributed by atoms with Crippen molar-refractivity contribution >= 4 is 0 Å². The quantitative estimate of drug-likeness (QED) is 0.553. The van der Waals surface area contributed by atoms with Crippen molar-refractivity contribution in [1.82, 2.24) is 0 Å². The maximum absolute atomic E-state index is 2.58. The summed E-state index contributed by atoms with van der Waals surface area (Å²) in [5.41, 5.74) is 1.25. The SMILES string of the molecule is CC1C2CC3C(C)C1CC(C)(C2)C3(C)C. The van der Waals surface area contributed by atoms with Crippen LogP contribution in [0.25, 0.3) is 0 Å². The smallest absolute Gasteiger partial charge is 0.0266 e. The maximum atomic E-state index is 2.58. The zero-order chi connectivity index (χ0) is 11.0. The third-order valence-corrected chi connectivity index (χ3v) is 7.17. The molecule has 0 spiro atoms. The van der Waals surface area contributed by atoms with E-state index < -0.39 is 0 Å². The van der Waals surface area contributed by atoms with Crippen LogP contribution < -0.4 is 0 Å². The van der Waals surface area contributed by atoms with Crippen LogP contribution in [0.2, 0.25) is 0 Å². The average Bonchev–Trinajstić information content (AvgIpc) is 2.13. The van der Waals surface area contributed by atoms with Crippen LogP contribution in [0.1, 0.15) is 53.9 Å². The largest absolute Gasteiger partial charge is 0.0620 e. The monoisotopic (exact) mass is 206 g/mol. The lowest BCUT2D eigenvalue weighted by Crippen LogP contribution is -2.62. The first-order valence-electron chi connectivity index (χ1n) is 6.87. The van der Waals surface area contributed by atoms with E-state index in [1.165, 1.54) is 19.3 Å². The van der Waals surface area contributed by atoms with Gasteiger partial charge in [0, 0.05) is 0 Å². The van der Waals surface area contributed by atoms with Gasteiger partial charge in [0.1, 0.15) is 0 Å². The zero-order valence-corrected chi connectivity index (χ0v) is 11.0. The fourth-order valence-electron chi connectivity index (χ4n) is 5.63. The molecular weight excluding hydrogens is 180 g/mol. The first-order chi connectivity index (χ1) is 6.87. The van der Waals surface area contributed by atoms with Gasteiger partial charge in [-0.15, -0.1) is 0 Å².